The number of aliphatic hydroxyl groups excluding tert-OH is 1. The molecule has 0 aliphatic rings. The summed E-state index contributed by atoms with van der Waals surface area (Å²) in [6.07, 6.45) is 1.87. The lowest BCUT2D eigenvalue weighted by Crippen LogP contribution is -2.21. The molecule has 1 N–H and O–H groups in total. The van der Waals surface area contributed by atoms with Gasteiger partial charge in [-0.25, -0.2) is 0 Å². The number of nitriles is 1. The first kappa shape index (κ1) is 15.2. The van der Waals surface area contributed by atoms with Gasteiger partial charge < -0.3 is 10.0 Å². The van der Waals surface area contributed by atoms with Crippen LogP contribution < -0.4 is 0 Å². The molecule has 1 aromatic heterocycles. The number of aliphatic hydroxyl groups is 1. The third-order valence-corrected chi connectivity index (χ3v) is 3.35. The molecule has 4 nitrogen and oxygen atoms in total. The summed E-state index contributed by atoms with van der Waals surface area (Å²) in [5.41, 5.74) is 2.43. The van der Waals surface area contributed by atoms with Gasteiger partial charge in [-0.2, -0.15) is 5.26 Å². The van der Waals surface area contributed by atoms with E-state index in [9.17, 15) is 5.11 Å². The molecule has 0 amide bonds. The van der Waals surface area contributed by atoms with Gasteiger partial charge in [-0.15, -0.1) is 0 Å². The van der Waals surface area contributed by atoms with Crippen LogP contribution in [0.5, 0.6) is 0 Å². The molecule has 0 spiro atoms. The van der Waals surface area contributed by atoms with Crippen LogP contribution in [-0.4, -0.2) is 28.6 Å². The summed E-state index contributed by atoms with van der Waals surface area (Å²) in [6.45, 7) is 1.42. The molecule has 1 atom stereocenters. The van der Waals surface area contributed by atoms with Crippen LogP contribution in [-0.2, 0) is 6.54 Å². The second-order valence-corrected chi connectivity index (χ2v) is 5.10. The molecule has 4 heteroatoms. The molecular formula is C17H19N3O. The first-order valence-corrected chi connectivity index (χ1v) is 6.95. The molecule has 0 fully saturated rings. The molecule has 108 valence electrons. The molecule has 0 saturated heterocycles. The van der Waals surface area contributed by atoms with Gasteiger partial charge >= 0.3 is 0 Å². The van der Waals surface area contributed by atoms with Crippen LogP contribution in [0.4, 0.5) is 0 Å². The van der Waals surface area contributed by atoms with Gasteiger partial charge in [0.15, 0.2) is 0 Å². The summed E-state index contributed by atoms with van der Waals surface area (Å²) in [4.78, 5) is 6.35. The standard InChI is InChI=1S/C17H19N3O/c1-20(13-16-11-14(12-18)7-9-19-16)10-8-17(21)15-5-3-2-4-6-15/h2-7,9,11,17,21H,8,10,13H2,1H3/t17-/m0/s1. The van der Waals surface area contributed by atoms with Crippen molar-refractivity contribution in [2.24, 2.45) is 0 Å². The quantitative estimate of drug-likeness (QED) is 0.883. The molecule has 1 aromatic carbocycles. The number of aromatic nitrogens is 1. The second-order valence-electron chi connectivity index (χ2n) is 5.10. The Morgan fingerprint density at radius 2 is 2.05 bits per heavy atom. The monoisotopic (exact) mass is 281 g/mol. The highest BCUT2D eigenvalue weighted by Gasteiger charge is 2.09. The van der Waals surface area contributed by atoms with Crippen molar-refractivity contribution in [2.75, 3.05) is 13.6 Å². The summed E-state index contributed by atoms with van der Waals surface area (Å²) in [5, 5.41) is 19.0. The summed E-state index contributed by atoms with van der Waals surface area (Å²) in [5.74, 6) is 0. The molecule has 0 unspecified atom stereocenters. The van der Waals surface area contributed by atoms with E-state index in [-0.39, 0.29) is 0 Å². The molecule has 1 heterocycles. The zero-order chi connectivity index (χ0) is 15.1. The number of nitrogens with zero attached hydrogens (tertiary/aromatic N) is 3. The van der Waals surface area contributed by atoms with E-state index in [1.807, 2.05) is 37.4 Å². The predicted octanol–water partition coefficient (Wildman–Crippen LogP) is 2.51. The van der Waals surface area contributed by atoms with E-state index in [4.69, 9.17) is 5.26 Å². The van der Waals surface area contributed by atoms with Gasteiger partial charge in [-0.05, 0) is 31.2 Å². The molecule has 0 saturated carbocycles. The first-order chi connectivity index (χ1) is 10.2. The van der Waals surface area contributed by atoms with Crippen molar-refractivity contribution in [3.8, 4) is 6.07 Å². The second kappa shape index (κ2) is 7.53. The van der Waals surface area contributed by atoms with Crippen molar-refractivity contribution in [3.63, 3.8) is 0 Å². The van der Waals surface area contributed by atoms with Gasteiger partial charge in [-0.3, -0.25) is 4.98 Å². The smallest absolute Gasteiger partial charge is 0.0992 e. The Kier molecular flexibility index (Phi) is 5.44. The lowest BCUT2D eigenvalue weighted by molar-refractivity contribution is 0.147. The fourth-order valence-corrected chi connectivity index (χ4v) is 2.17. The zero-order valence-electron chi connectivity index (χ0n) is 12.1. The van der Waals surface area contributed by atoms with Crippen LogP contribution in [0.15, 0.2) is 48.7 Å². The van der Waals surface area contributed by atoms with Crippen molar-refractivity contribution in [3.05, 3.63) is 65.5 Å². The normalized spacial score (nSPS) is 12.1. The van der Waals surface area contributed by atoms with E-state index in [0.717, 1.165) is 17.8 Å². The molecule has 0 bridgehead atoms. The largest absolute Gasteiger partial charge is 0.388 e. The first-order valence-electron chi connectivity index (χ1n) is 6.95. The average Bonchev–Trinajstić information content (AvgIpc) is 2.53. The van der Waals surface area contributed by atoms with Crippen LogP contribution in [0.25, 0.3) is 0 Å². The summed E-state index contributed by atoms with van der Waals surface area (Å²) >= 11 is 0. The molecule has 0 radical (unpaired) electrons. The Morgan fingerprint density at radius 1 is 1.29 bits per heavy atom. The summed E-state index contributed by atoms with van der Waals surface area (Å²) < 4.78 is 0. The van der Waals surface area contributed by atoms with Crippen LogP contribution in [0.3, 0.4) is 0 Å². The van der Waals surface area contributed by atoms with Crippen molar-refractivity contribution in [1.82, 2.24) is 9.88 Å². The molecule has 0 aliphatic heterocycles. The summed E-state index contributed by atoms with van der Waals surface area (Å²) in [6, 6.07) is 15.3. The third kappa shape index (κ3) is 4.67. The number of pyridine rings is 1. The SMILES string of the molecule is CN(CC[C@H](O)c1ccccc1)Cc1cc(C#N)ccn1. The van der Waals surface area contributed by atoms with Gasteiger partial charge in [0.25, 0.3) is 0 Å². The maximum Gasteiger partial charge on any atom is 0.0992 e. The minimum atomic E-state index is -0.452. The number of rotatable bonds is 6. The molecule has 21 heavy (non-hydrogen) atoms. The van der Waals surface area contributed by atoms with Crippen molar-refractivity contribution < 1.29 is 5.11 Å². The Morgan fingerprint density at radius 3 is 2.76 bits per heavy atom. The number of hydrogen-bond donors (Lipinski definition) is 1. The molecule has 2 rings (SSSR count). The van der Waals surface area contributed by atoms with Crippen molar-refractivity contribution >= 4 is 0 Å². The highest BCUT2D eigenvalue weighted by Crippen LogP contribution is 2.16. The third-order valence-electron chi connectivity index (χ3n) is 3.35. The Labute approximate surface area is 125 Å². The van der Waals surface area contributed by atoms with Gasteiger partial charge in [0.2, 0.25) is 0 Å². The van der Waals surface area contributed by atoms with E-state index >= 15 is 0 Å². The van der Waals surface area contributed by atoms with Crippen LogP contribution in [0.2, 0.25) is 0 Å². The fourth-order valence-electron chi connectivity index (χ4n) is 2.17. The van der Waals surface area contributed by atoms with Crippen molar-refractivity contribution in [2.45, 2.75) is 19.1 Å². The number of hydrogen-bond acceptors (Lipinski definition) is 4. The van der Waals surface area contributed by atoms with Crippen LogP contribution in [0.1, 0.15) is 29.3 Å². The Hall–Kier alpha value is -2.22. The van der Waals surface area contributed by atoms with Crippen molar-refractivity contribution in [1.29, 1.82) is 5.26 Å². The lowest BCUT2D eigenvalue weighted by Gasteiger charge is -2.18. The maximum absolute atomic E-state index is 10.1. The van der Waals surface area contributed by atoms with E-state index < -0.39 is 6.10 Å². The minimum absolute atomic E-state index is 0.452. The van der Waals surface area contributed by atoms with Gasteiger partial charge in [0.1, 0.15) is 0 Å². The molecule has 2 aromatic rings. The van der Waals surface area contributed by atoms with Gasteiger partial charge in [0, 0.05) is 19.3 Å². The zero-order valence-corrected chi connectivity index (χ0v) is 12.1. The topological polar surface area (TPSA) is 60.1 Å². The molecule has 0 aliphatic carbocycles. The highest BCUT2D eigenvalue weighted by molar-refractivity contribution is 5.28. The van der Waals surface area contributed by atoms with Crippen LogP contribution in [0, 0.1) is 11.3 Å². The lowest BCUT2D eigenvalue weighted by atomic mass is 10.1. The summed E-state index contributed by atoms with van der Waals surface area (Å²) in [7, 11) is 1.98. The number of benzene rings is 1. The van der Waals surface area contributed by atoms with Crippen LogP contribution >= 0.6 is 0 Å². The highest BCUT2D eigenvalue weighted by atomic mass is 16.3. The van der Waals surface area contributed by atoms with E-state index in [1.165, 1.54) is 0 Å². The van der Waals surface area contributed by atoms with E-state index in [1.54, 1.807) is 18.3 Å². The van der Waals surface area contributed by atoms with E-state index in [2.05, 4.69) is 16.0 Å². The van der Waals surface area contributed by atoms with E-state index in [0.29, 0.717) is 18.5 Å². The minimum Gasteiger partial charge on any atom is -0.388 e. The average molecular weight is 281 g/mol. The Balaban J connectivity index is 1.84. The maximum atomic E-state index is 10.1. The fraction of sp³-hybridized carbons (Fsp3) is 0.294. The molecular weight excluding hydrogens is 262 g/mol. The van der Waals surface area contributed by atoms with Gasteiger partial charge in [0.05, 0.1) is 23.4 Å². The Bertz CT molecular complexity index is 607. The van der Waals surface area contributed by atoms with Gasteiger partial charge in [-0.1, -0.05) is 30.3 Å². The predicted molar refractivity (Wildman–Crippen MR) is 81.3 cm³/mol.